The number of thiazole rings is 1. The molecular weight excluding hydrogens is 363 g/mol. The number of halogens is 1. The highest BCUT2D eigenvalue weighted by atomic mass is 127. The van der Waals surface area contributed by atoms with Crippen LogP contribution in [0, 0.1) is 3.57 Å². The van der Waals surface area contributed by atoms with Crippen molar-refractivity contribution in [2.75, 3.05) is 5.32 Å². The quantitative estimate of drug-likeness (QED) is 0.787. The first-order valence-corrected chi connectivity index (χ1v) is 7.28. The summed E-state index contributed by atoms with van der Waals surface area (Å²) in [6, 6.07) is 7.99. The molecule has 0 amide bonds. The molecule has 1 aromatic carbocycles. The lowest BCUT2D eigenvalue weighted by Crippen LogP contribution is -1.98. The Morgan fingerprint density at radius 2 is 2.33 bits per heavy atom. The number of carboxylic acids is 1. The van der Waals surface area contributed by atoms with Crippen molar-refractivity contribution in [1.29, 1.82) is 0 Å². The molecule has 0 aliphatic heterocycles. The Balaban J connectivity index is 2.00. The molecular formula is C12H11IN2O2S. The van der Waals surface area contributed by atoms with Gasteiger partial charge in [0, 0.05) is 21.1 Å². The molecule has 4 nitrogen and oxygen atoms in total. The van der Waals surface area contributed by atoms with Crippen molar-refractivity contribution >= 4 is 50.7 Å². The molecule has 0 aliphatic rings. The van der Waals surface area contributed by atoms with E-state index in [1.165, 1.54) is 11.3 Å². The van der Waals surface area contributed by atoms with Gasteiger partial charge in [0.15, 0.2) is 5.13 Å². The number of nitrogens with one attached hydrogen (secondary N) is 1. The van der Waals surface area contributed by atoms with E-state index in [2.05, 4.69) is 32.9 Å². The fourth-order valence-corrected chi connectivity index (χ4v) is 2.71. The van der Waals surface area contributed by atoms with Gasteiger partial charge in [0.05, 0.1) is 12.1 Å². The van der Waals surface area contributed by atoms with Crippen molar-refractivity contribution < 1.29 is 9.90 Å². The number of aromatic nitrogens is 1. The highest BCUT2D eigenvalue weighted by molar-refractivity contribution is 14.1. The highest BCUT2D eigenvalue weighted by Crippen LogP contribution is 2.22. The van der Waals surface area contributed by atoms with E-state index in [9.17, 15) is 4.79 Å². The van der Waals surface area contributed by atoms with Gasteiger partial charge in [0.25, 0.3) is 0 Å². The number of carbonyl (C=O) groups is 1. The number of carboxylic acid groups (broad SMARTS) is 1. The summed E-state index contributed by atoms with van der Waals surface area (Å²) in [5.41, 5.74) is 1.80. The van der Waals surface area contributed by atoms with E-state index in [0.717, 1.165) is 20.1 Å². The zero-order chi connectivity index (χ0) is 13.0. The van der Waals surface area contributed by atoms with Gasteiger partial charge in [-0.25, -0.2) is 4.98 Å². The summed E-state index contributed by atoms with van der Waals surface area (Å²) in [4.78, 5) is 14.8. The molecule has 2 N–H and O–H groups in total. The van der Waals surface area contributed by atoms with Crippen LogP contribution in [0.15, 0.2) is 29.6 Å². The monoisotopic (exact) mass is 374 g/mol. The molecule has 2 rings (SSSR count). The van der Waals surface area contributed by atoms with Crippen LogP contribution in [-0.2, 0) is 11.2 Å². The number of hydrogen-bond acceptors (Lipinski definition) is 4. The number of hydrogen-bond donors (Lipinski definition) is 2. The lowest BCUT2D eigenvalue weighted by molar-refractivity contribution is -0.136. The SMILES string of the molecule is O=C(O)CCc1csc(Nc2cccc(I)c2)n1. The van der Waals surface area contributed by atoms with E-state index in [1.54, 1.807) is 0 Å². The van der Waals surface area contributed by atoms with Crippen LogP contribution in [0.4, 0.5) is 10.8 Å². The van der Waals surface area contributed by atoms with Gasteiger partial charge < -0.3 is 10.4 Å². The van der Waals surface area contributed by atoms with Gasteiger partial charge in [-0.05, 0) is 40.8 Å². The van der Waals surface area contributed by atoms with Gasteiger partial charge in [-0.2, -0.15) is 0 Å². The Hall–Kier alpha value is -1.15. The Labute approximate surface area is 122 Å². The summed E-state index contributed by atoms with van der Waals surface area (Å²) in [5, 5.41) is 14.5. The lowest BCUT2D eigenvalue weighted by atomic mass is 10.2. The second kappa shape index (κ2) is 6.14. The van der Waals surface area contributed by atoms with Gasteiger partial charge in [0.2, 0.25) is 0 Å². The first-order valence-electron chi connectivity index (χ1n) is 5.32. The van der Waals surface area contributed by atoms with Crippen LogP contribution < -0.4 is 5.32 Å². The Morgan fingerprint density at radius 3 is 3.06 bits per heavy atom. The molecule has 0 bridgehead atoms. The van der Waals surface area contributed by atoms with Crippen molar-refractivity contribution in [1.82, 2.24) is 4.98 Å². The van der Waals surface area contributed by atoms with E-state index in [0.29, 0.717) is 6.42 Å². The Kier molecular flexibility index (Phi) is 4.54. The summed E-state index contributed by atoms with van der Waals surface area (Å²) in [6.45, 7) is 0. The minimum atomic E-state index is -0.796. The third-order valence-electron chi connectivity index (χ3n) is 2.22. The number of anilines is 2. The molecule has 1 aromatic heterocycles. The van der Waals surface area contributed by atoms with Crippen molar-refractivity contribution in [3.63, 3.8) is 0 Å². The number of aryl methyl sites for hydroxylation is 1. The zero-order valence-electron chi connectivity index (χ0n) is 9.39. The predicted octanol–water partition coefficient (Wildman–Crippen LogP) is 3.51. The van der Waals surface area contributed by atoms with E-state index in [-0.39, 0.29) is 6.42 Å². The molecule has 6 heteroatoms. The van der Waals surface area contributed by atoms with Gasteiger partial charge in [0.1, 0.15) is 0 Å². The maximum atomic E-state index is 10.5. The number of benzene rings is 1. The standard InChI is InChI=1S/C12H11IN2O2S/c13-8-2-1-3-9(6-8)14-12-15-10(7-18-12)4-5-11(16)17/h1-3,6-7H,4-5H2,(H,14,15)(H,16,17). The summed E-state index contributed by atoms with van der Waals surface area (Å²) in [5.74, 6) is -0.796. The maximum absolute atomic E-state index is 10.5. The number of nitrogens with zero attached hydrogens (tertiary/aromatic N) is 1. The third-order valence-corrected chi connectivity index (χ3v) is 3.70. The fourth-order valence-electron chi connectivity index (χ4n) is 1.40. The van der Waals surface area contributed by atoms with Gasteiger partial charge in [-0.3, -0.25) is 4.79 Å². The van der Waals surface area contributed by atoms with E-state index in [4.69, 9.17) is 5.11 Å². The van der Waals surface area contributed by atoms with E-state index < -0.39 is 5.97 Å². The predicted molar refractivity (Wildman–Crippen MR) is 80.5 cm³/mol. The van der Waals surface area contributed by atoms with Crippen LogP contribution in [-0.4, -0.2) is 16.1 Å². The molecule has 0 atom stereocenters. The van der Waals surface area contributed by atoms with Crippen LogP contribution in [0.2, 0.25) is 0 Å². The normalized spacial score (nSPS) is 10.3. The smallest absolute Gasteiger partial charge is 0.303 e. The number of aliphatic carboxylic acids is 1. The highest BCUT2D eigenvalue weighted by Gasteiger charge is 2.05. The molecule has 0 aliphatic carbocycles. The summed E-state index contributed by atoms with van der Waals surface area (Å²) < 4.78 is 1.15. The average molecular weight is 374 g/mol. The molecule has 2 aromatic rings. The molecule has 18 heavy (non-hydrogen) atoms. The molecule has 0 saturated heterocycles. The largest absolute Gasteiger partial charge is 0.481 e. The lowest BCUT2D eigenvalue weighted by Gasteiger charge is -2.02. The number of rotatable bonds is 5. The molecule has 0 saturated carbocycles. The summed E-state index contributed by atoms with van der Waals surface area (Å²) in [7, 11) is 0. The molecule has 0 fully saturated rings. The zero-order valence-corrected chi connectivity index (χ0v) is 12.4. The first-order chi connectivity index (χ1) is 8.63. The molecule has 0 radical (unpaired) electrons. The molecule has 1 heterocycles. The van der Waals surface area contributed by atoms with Crippen molar-refractivity contribution in [3.8, 4) is 0 Å². The topological polar surface area (TPSA) is 62.2 Å². The van der Waals surface area contributed by atoms with Crippen LogP contribution in [0.5, 0.6) is 0 Å². The first kappa shape index (κ1) is 13.3. The van der Waals surface area contributed by atoms with E-state index >= 15 is 0 Å². The minimum absolute atomic E-state index is 0.117. The second-order valence-electron chi connectivity index (χ2n) is 3.67. The van der Waals surface area contributed by atoms with Gasteiger partial charge in [-0.15, -0.1) is 11.3 Å². The average Bonchev–Trinajstić information content (AvgIpc) is 2.74. The van der Waals surface area contributed by atoms with Crippen molar-refractivity contribution in [3.05, 3.63) is 38.9 Å². The Morgan fingerprint density at radius 1 is 1.50 bits per heavy atom. The van der Waals surface area contributed by atoms with Crippen LogP contribution in [0.1, 0.15) is 12.1 Å². The molecule has 0 spiro atoms. The third kappa shape index (κ3) is 3.95. The Bertz CT molecular complexity index is 557. The fraction of sp³-hybridized carbons (Fsp3) is 0.167. The van der Waals surface area contributed by atoms with Crippen molar-refractivity contribution in [2.24, 2.45) is 0 Å². The molecule has 0 unspecified atom stereocenters. The van der Waals surface area contributed by atoms with E-state index in [1.807, 2.05) is 29.6 Å². The van der Waals surface area contributed by atoms with Crippen molar-refractivity contribution in [2.45, 2.75) is 12.8 Å². The summed E-state index contributed by atoms with van der Waals surface area (Å²) in [6.07, 6.45) is 0.590. The molecule has 94 valence electrons. The van der Waals surface area contributed by atoms with Gasteiger partial charge in [-0.1, -0.05) is 6.07 Å². The van der Waals surface area contributed by atoms with Crippen LogP contribution in [0.25, 0.3) is 0 Å². The van der Waals surface area contributed by atoms with Crippen LogP contribution in [0.3, 0.4) is 0 Å². The summed E-state index contributed by atoms with van der Waals surface area (Å²) >= 11 is 3.74. The van der Waals surface area contributed by atoms with Crippen LogP contribution >= 0.6 is 33.9 Å². The van der Waals surface area contributed by atoms with Gasteiger partial charge >= 0.3 is 5.97 Å². The second-order valence-corrected chi connectivity index (χ2v) is 5.78. The minimum Gasteiger partial charge on any atom is -0.481 e. The maximum Gasteiger partial charge on any atom is 0.303 e.